The number of nitrogens with zero attached hydrogens (tertiary/aromatic N) is 2. The van der Waals surface area contributed by atoms with Gasteiger partial charge >= 0.3 is 0 Å². The van der Waals surface area contributed by atoms with Crippen LogP contribution in [-0.4, -0.2) is 77.3 Å². The van der Waals surface area contributed by atoms with Crippen molar-refractivity contribution in [2.45, 2.75) is 27.7 Å². The molecule has 0 aliphatic heterocycles. The lowest BCUT2D eigenvalue weighted by atomic mass is 10.1. The summed E-state index contributed by atoms with van der Waals surface area (Å²) in [7, 11) is 1.45. The lowest BCUT2D eigenvalue weighted by Crippen LogP contribution is -2.41. The largest absolute Gasteiger partial charge is 0.366 e. The fraction of sp³-hybridized carbons (Fsp3) is 0.312. The molecule has 42 heavy (non-hydrogen) atoms. The van der Waals surface area contributed by atoms with Crippen LogP contribution >= 0.6 is 11.8 Å². The number of benzene rings is 1. The zero-order valence-electron chi connectivity index (χ0n) is 24.8. The normalized spacial score (nSPS) is 10.0. The van der Waals surface area contributed by atoms with Gasteiger partial charge in [0.15, 0.2) is 0 Å². The number of carbonyl (C=O) groups is 4. The van der Waals surface area contributed by atoms with E-state index in [1.165, 1.54) is 37.3 Å². The number of aromatic nitrogens is 1. The van der Waals surface area contributed by atoms with Gasteiger partial charge in [0.2, 0.25) is 0 Å². The van der Waals surface area contributed by atoms with Gasteiger partial charge in [-0.15, -0.1) is 24.1 Å². The Balaban J connectivity index is 0.00000281. The second kappa shape index (κ2) is 19.7. The molecule has 224 valence electrons. The van der Waals surface area contributed by atoms with Gasteiger partial charge in [0.1, 0.15) is 5.82 Å². The standard InChI is InChI=1S/C29H35FN4O4S.C3H4/c1-5-17-39-18-14-32-27(36)23-12-13-25(30)21(3)24(20-31-19-23)26(35)29(38)33(4)15-16-34(6-2)28(37)22-10-8-7-9-11-22;1-3-2/h5,7-13,17,19-20,31H,6,14-16,18H2,1-4H3,(H,32,36);1H,2H3/b13-12?,17-5-,23-19?,24-20?,25-21?;. The van der Waals surface area contributed by atoms with E-state index in [0.717, 1.165) is 6.07 Å². The summed E-state index contributed by atoms with van der Waals surface area (Å²) in [6, 6.07) is 11.2. The van der Waals surface area contributed by atoms with Crippen molar-refractivity contribution >= 4 is 35.3 Å². The van der Waals surface area contributed by atoms with Gasteiger partial charge in [0.05, 0.1) is 5.56 Å². The highest BCUT2D eigenvalue weighted by Crippen LogP contribution is 2.12. The van der Waals surface area contributed by atoms with Crippen LogP contribution in [0.15, 0.2) is 66.3 Å². The fourth-order valence-corrected chi connectivity index (χ4v) is 4.03. The number of halogens is 1. The molecule has 0 unspecified atom stereocenters. The zero-order chi connectivity index (χ0) is 31.5. The lowest BCUT2D eigenvalue weighted by Gasteiger charge is -2.24. The van der Waals surface area contributed by atoms with Gasteiger partial charge in [-0.05, 0) is 62.9 Å². The fourth-order valence-electron chi connectivity index (χ4n) is 3.48. The van der Waals surface area contributed by atoms with Crippen LogP contribution in [0.1, 0.15) is 57.4 Å². The van der Waals surface area contributed by atoms with E-state index in [4.69, 9.17) is 0 Å². The van der Waals surface area contributed by atoms with Crippen LogP contribution in [0.5, 0.6) is 0 Å². The van der Waals surface area contributed by atoms with Crippen LogP contribution in [0, 0.1) is 25.1 Å². The van der Waals surface area contributed by atoms with Crippen molar-refractivity contribution in [1.82, 2.24) is 20.1 Å². The van der Waals surface area contributed by atoms with Crippen molar-refractivity contribution in [3.8, 4) is 12.3 Å². The average molecular weight is 595 g/mol. The Morgan fingerprint density at radius 2 is 1.74 bits per heavy atom. The summed E-state index contributed by atoms with van der Waals surface area (Å²) >= 11 is 1.55. The first-order chi connectivity index (χ1) is 20.1. The lowest BCUT2D eigenvalue weighted by molar-refractivity contribution is -0.125. The molecule has 0 saturated heterocycles. The molecule has 2 rings (SSSR count). The van der Waals surface area contributed by atoms with Crippen molar-refractivity contribution in [2.24, 2.45) is 0 Å². The van der Waals surface area contributed by atoms with E-state index in [0.29, 0.717) is 24.4 Å². The second-order valence-electron chi connectivity index (χ2n) is 8.82. The van der Waals surface area contributed by atoms with Crippen molar-refractivity contribution < 1.29 is 23.6 Å². The first kappa shape index (κ1) is 35.7. The highest BCUT2D eigenvalue weighted by Gasteiger charge is 2.24. The Morgan fingerprint density at radius 3 is 2.36 bits per heavy atom. The van der Waals surface area contributed by atoms with Crippen molar-refractivity contribution in [3.05, 3.63) is 94.4 Å². The molecule has 0 fully saturated rings. The SMILES string of the molecule is C#CC.C/C=C\SCCNC(=O)c1ccc(F)c(C)c(C(=O)C(=O)N(C)CCN(CC)C(=O)c2ccccc2)c[nH]c1. The first-order valence-corrected chi connectivity index (χ1v) is 14.4. The second-order valence-corrected chi connectivity index (χ2v) is 9.84. The smallest absolute Gasteiger partial charge is 0.294 e. The van der Waals surface area contributed by atoms with Crippen LogP contribution < -0.4 is 5.32 Å². The Bertz CT molecular complexity index is 1330. The average Bonchev–Trinajstić information content (AvgIpc) is 3.06. The van der Waals surface area contributed by atoms with E-state index in [-0.39, 0.29) is 35.7 Å². The highest BCUT2D eigenvalue weighted by atomic mass is 32.2. The number of thioether (sulfide) groups is 1. The molecular formula is C32H39FN4O4S. The van der Waals surface area contributed by atoms with E-state index in [1.807, 2.05) is 31.4 Å². The number of ketones is 1. The Labute approximate surface area is 252 Å². The molecule has 0 aliphatic carbocycles. The van der Waals surface area contributed by atoms with Gasteiger partial charge in [0.25, 0.3) is 23.5 Å². The predicted octanol–water partition coefficient (Wildman–Crippen LogP) is 5.03. The molecule has 0 saturated carbocycles. The molecule has 0 aliphatic rings. The van der Waals surface area contributed by atoms with Crippen molar-refractivity contribution in [1.29, 1.82) is 0 Å². The molecule has 0 radical (unpaired) electrons. The number of rotatable bonds is 12. The number of H-pyrrole nitrogens is 1. The molecule has 8 nitrogen and oxygen atoms in total. The minimum atomic E-state index is -0.911. The summed E-state index contributed by atoms with van der Waals surface area (Å²) in [5.74, 6) is -0.160. The molecule has 1 aromatic carbocycles. The van der Waals surface area contributed by atoms with Crippen molar-refractivity contribution in [3.63, 3.8) is 0 Å². The Morgan fingerprint density at radius 1 is 1.07 bits per heavy atom. The van der Waals surface area contributed by atoms with E-state index in [2.05, 4.69) is 22.6 Å². The maximum absolute atomic E-state index is 14.9. The molecule has 3 amide bonds. The number of allylic oxidation sites excluding steroid dienone is 1. The molecule has 2 N–H and O–H groups in total. The number of hydrogen-bond acceptors (Lipinski definition) is 5. The Kier molecular flexibility index (Phi) is 16.7. The number of hydrogen-bond donors (Lipinski definition) is 2. The number of terminal acetylenes is 1. The highest BCUT2D eigenvalue weighted by molar-refractivity contribution is 8.02. The maximum atomic E-state index is 14.9. The number of carbonyl (C=O) groups excluding carboxylic acids is 4. The Hall–Kier alpha value is -4.36. The third kappa shape index (κ3) is 11.6. The van der Waals surface area contributed by atoms with E-state index < -0.39 is 23.4 Å². The maximum Gasteiger partial charge on any atom is 0.294 e. The van der Waals surface area contributed by atoms with E-state index in [1.54, 1.807) is 47.9 Å². The van der Waals surface area contributed by atoms with Crippen molar-refractivity contribution in [2.75, 3.05) is 39.0 Å². The molecule has 1 heterocycles. The summed E-state index contributed by atoms with van der Waals surface area (Å²) in [6.45, 7) is 7.95. The van der Waals surface area contributed by atoms with Gasteiger partial charge in [-0.3, -0.25) is 19.2 Å². The number of likely N-dealkylation sites (N-methyl/N-ethyl adjacent to an activating group) is 2. The van der Waals surface area contributed by atoms with E-state index in [9.17, 15) is 23.6 Å². The number of Topliss-reactive ketones (excluding diaryl/α,β-unsaturated/α-hetero) is 1. The van der Waals surface area contributed by atoms with Crippen LogP contribution in [0.3, 0.4) is 0 Å². The number of aromatic amines is 1. The predicted molar refractivity (Wildman–Crippen MR) is 167 cm³/mol. The van der Waals surface area contributed by atoms with Crippen LogP contribution in [-0.2, 0) is 4.79 Å². The topological polar surface area (TPSA) is 103 Å². The molecule has 0 atom stereocenters. The number of amides is 3. The third-order valence-electron chi connectivity index (χ3n) is 5.82. The summed E-state index contributed by atoms with van der Waals surface area (Å²) in [6.07, 6.45) is 9.05. The molecule has 2 aromatic rings. The first-order valence-electron chi connectivity index (χ1n) is 13.4. The van der Waals surface area contributed by atoms with Crippen LogP contribution in [0.4, 0.5) is 4.39 Å². The molecule has 0 spiro atoms. The van der Waals surface area contributed by atoms with Gasteiger partial charge in [-0.1, -0.05) is 24.3 Å². The minimum Gasteiger partial charge on any atom is -0.366 e. The van der Waals surface area contributed by atoms with E-state index >= 15 is 0 Å². The molecular weight excluding hydrogens is 555 g/mol. The molecule has 1 aromatic heterocycles. The summed E-state index contributed by atoms with van der Waals surface area (Å²) in [5, 5.41) is 4.67. The monoisotopic (exact) mass is 594 g/mol. The van der Waals surface area contributed by atoms with Gasteiger partial charge in [-0.25, -0.2) is 4.39 Å². The summed E-state index contributed by atoms with van der Waals surface area (Å²) < 4.78 is 14.9. The van der Waals surface area contributed by atoms with Gasteiger partial charge in [0, 0.05) is 62.5 Å². The zero-order valence-corrected chi connectivity index (χ0v) is 25.6. The van der Waals surface area contributed by atoms with Crippen LogP contribution in [0.25, 0.3) is 0 Å². The number of nitrogens with one attached hydrogen (secondary N) is 2. The van der Waals surface area contributed by atoms with Crippen LogP contribution in [0.2, 0.25) is 0 Å². The quantitative estimate of drug-likeness (QED) is 0.155. The van der Waals surface area contributed by atoms with Gasteiger partial charge < -0.3 is 20.1 Å². The summed E-state index contributed by atoms with van der Waals surface area (Å²) in [4.78, 5) is 56.8. The molecule has 0 bridgehead atoms. The summed E-state index contributed by atoms with van der Waals surface area (Å²) in [5.41, 5.74) is 0.481. The van der Waals surface area contributed by atoms with Gasteiger partial charge in [-0.2, -0.15) is 0 Å². The molecule has 10 heteroatoms. The minimum absolute atomic E-state index is 0.0437. The third-order valence-corrected chi connectivity index (χ3v) is 6.72.